The normalized spacial score (nSPS) is 22.5. The third-order valence-corrected chi connectivity index (χ3v) is 3.53. The van der Waals surface area contributed by atoms with Crippen molar-refractivity contribution in [2.75, 3.05) is 0 Å². The van der Waals surface area contributed by atoms with Crippen molar-refractivity contribution in [2.45, 2.75) is 46.3 Å². The van der Waals surface area contributed by atoms with Gasteiger partial charge in [0.25, 0.3) is 0 Å². The summed E-state index contributed by atoms with van der Waals surface area (Å²) >= 11 is 0. The Morgan fingerprint density at radius 3 is 2.53 bits per heavy atom. The highest BCUT2D eigenvalue weighted by Gasteiger charge is 2.19. The Bertz CT molecular complexity index is 258. The number of rotatable bonds is 3. The Hall–Kier alpha value is -0.503. The third kappa shape index (κ3) is 4.69. The van der Waals surface area contributed by atoms with Gasteiger partial charge in [-0.15, -0.1) is 0 Å². The van der Waals surface area contributed by atoms with E-state index in [4.69, 9.17) is 4.43 Å². The van der Waals surface area contributed by atoms with Gasteiger partial charge in [-0.25, -0.2) is 0 Å². The zero-order valence-corrected chi connectivity index (χ0v) is 11.7. The van der Waals surface area contributed by atoms with Crippen LogP contribution in [0.5, 0.6) is 0 Å². The molecule has 0 heterocycles. The predicted octanol–water partition coefficient (Wildman–Crippen LogP) is 4.34. The first-order valence-corrected chi connectivity index (χ1v) is 9.36. The predicted molar refractivity (Wildman–Crippen MR) is 69.2 cm³/mol. The van der Waals surface area contributed by atoms with Crippen LogP contribution in [0.2, 0.25) is 19.6 Å². The number of hydrogen-bond acceptors (Lipinski definition) is 1. The summed E-state index contributed by atoms with van der Waals surface area (Å²) in [6, 6.07) is 0. The second-order valence-electron chi connectivity index (χ2n) is 5.68. The molecule has 1 aliphatic carbocycles. The molecule has 15 heavy (non-hydrogen) atoms. The average Bonchev–Trinajstić information content (AvgIpc) is 2.26. The minimum atomic E-state index is -1.42. The molecule has 1 atom stereocenters. The number of hydrogen-bond donors (Lipinski definition) is 0. The van der Waals surface area contributed by atoms with Gasteiger partial charge < -0.3 is 4.43 Å². The maximum absolute atomic E-state index is 6.04. The lowest BCUT2D eigenvalue weighted by Gasteiger charge is -2.22. The topological polar surface area (TPSA) is 9.23 Å². The van der Waals surface area contributed by atoms with Gasteiger partial charge >= 0.3 is 0 Å². The summed E-state index contributed by atoms with van der Waals surface area (Å²) in [4.78, 5) is 0. The minimum Gasteiger partial charge on any atom is -0.547 e. The summed E-state index contributed by atoms with van der Waals surface area (Å²) in [5.41, 5.74) is 0. The van der Waals surface area contributed by atoms with E-state index in [1.807, 2.05) is 0 Å². The standard InChI is InChI=1S/C13H24OSi/c1-11(2)12-7-6-8-13(10-9-12)14-15(3,4)5/h6-8,11-12H,9-10H2,1-5H3/t12-/m0/s1. The Kier molecular flexibility index (Phi) is 4.20. The van der Waals surface area contributed by atoms with Crippen LogP contribution in [-0.4, -0.2) is 8.32 Å². The highest BCUT2D eigenvalue weighted by molar-refractivity contribution is 6.70. The Balaban J connectivity index is 2.54. The molecule has 0 radical (unpaired) electrons. The van der Waals surface area contributed by atoms with Crippen LogP contribution in [0.4, 0.5) is 0 Å². The van der Waals surface area contributed by atoms with E-state index in [9.17, 15) is 0 Å². The fourth-order valence-corrected chi connectivity index (χ4v) is 2.78. The molecule has 0 aromatic carbocycles. The molecule has 0 fully saturated rings. The SMILES string of the molecule is CC(C)[C@H]1C=CC=C(O[Si](C)(C)C)CC1. The summed E-state index contributed by atoms with van der Waals surface area (Å²) in [7, 11) is -1.42. The van der Waals surface area contributed by atoms with Crippen LogP contribution in [0.1, 0.15) is 26.7 Å². The minimum absolute atomic E-state index is 0.712. The van der Waals surface area contributed by atoms with E-state index in [2.05, 4.69) is 51.7 Å². The maximum atomic E-state index is 6.04. The van der Waals surface area contributed by atoms with E-state index >= 15 is 0 Å². The van der Waals surface area contributed by atoms with Crippen molar-refractivity contribution in [1.29, 1.82) is 0 Å². The molecular weight excluding hydrogens is 200 g/mol. The summed E-state index contributed by atoms with van der Waals surface area (Å²) in [5, 5.41) is 0. The third-order valence-electron chi connectivity index (χ3n) is 2.66. The smallest absolute Gasteiger partial charge is 0.241 e. The Labute approximate surface area is 95.4 Å². The van der Waals surface area contributed by atoms with E-state index in [-0.39, 0.29) is 0 Å². The maximum Gasteiger partial charge on any atom is 0.241 e. The first kappa shape index (κ1) is 12.6. The van der Waals surface area contributed by atoms with Gasteiger partial charge in [-0.05, 0) is 44.0 Å². The zero-order valence-electron chi connectivity index (χ0n) is 10.7. The molecule has 0 N–H and O–H groups in total. The Morgan fingerprint density at radius 2 is 2.00 bits per heavy atom. The molecule has 0 amide bonds. The van der Waals surface area contributed by atoms with Crippen LogP contribution in [0.25, 0.3) is 0 Å². The largest absolute Gasteiger partial charge is 0.547 e. The molecule has 1 aliphatic rings. The molecule has 86 valence electrons. The molecule has 1 rings (SSSR count). The second-order valence-corrected chi connectivity index (χ2v) is 10.1. The highest BCUT2D eigenvalue weighted by Crippen LogP contribution is 2.26. The summed E-state index contributed by atoms with van der Waals surface area (Å²) in [6.45, 7) is 11.3. The van der Waals surface area contributed by atoms with Gasteiger partial charge in [-0.2, -0.15) is 0 Å². The van der Waals surface area contributed by atoms with Gasteiger partial charge in [0, 0.05) is 6.42 Å². The van der Waals surface area contributed by atoms with Crippen LogP contribution in [0, 0.1) is 11.8 Å². The molecule has 0 bridgehead atoms. The van der Waals surface area contributed by atoms with E-state index in [0.29, 0.717) is 5.92 Å². The molecule has 1 nitrogen and oxygen atoms in total. The van der Waals surface area contributed by atoms with Gasteiger partial charge in [0.2, 0.25) is 8.32 Å². The van der Waals surface area contributed by atoms with Gasteiger partial charge in [0.15, 0.2) is 0 Å². The van der Waals surface area contributed by atoms with Gasteiger partial charge in [0.1, 0.15) is 0 Å². The molecule has 0 aromatic heterocycles. The second kappa shape index (κ2) is 5.02. The highest BCUT2D eigenvalue weighted by atomic mass is 28.4. The fourth-order valence-electron chi connectivity index (χ4n) is 1.83. The molecule has 0 saturated heterocycles. The monoisotopic (exact) mass is 224 g/mol. The average molecular weight is 224 g/mol. The van der Waals surface area contributed by atoms with Crippen LogP contribution in [-0.2, 0) is 4.43 Å². The van der Waals surface area contributed by atoms with Crippen molar-refractivity contribution >= 4 is 8.32 Å². The lowest BCUT2D eigenvalue weighted by molar-refractivity contribution is 0.366. The van der Waals surface area contributed by atoms with Crippen molar-refractivity contribution in [3.05, 3.63) is 24.0 Å². The van der Waals surface area contributed by atoms with Crippen LogP contribution in [0.15, 0.2) is 24.0 Å². The van der Waals surface area contributed by atoms with Crippen molar-refractivity contribution in [3.8, 4) is 0 Å². The summed E-state index contributed by atoms with van der Waals surface area (Å²) < 4.78 is 6.04. The molecule has 0 aliphatic heterocycles. The van der Waals surface area contributed by atoms with Crippen molar-refractivity contribution in [3.63, 3.8) is 0 Å². The van der Waals surface area contributed by atoms with E-state index in [0.717, 1.165) is 12.3 Å². The zero-order chi connectivity index (χ0) is 11.5. The quantitative estimate of drug-likeness (QED) is 0.648. The summed E-state index contributed by atoms with van der Waals surface area (Å²) in [5.74, 6) is 2.64. The fraction of sp³-hybridized carbons (Fsp3) is 0.692. The molecule has 0 aromatic rings. The van der Waals surface area contributed by atoms with Gasteiger partial charge in [-0.1, -0.05) is 26.0 Å². The van der Waals surface area contributed by atoms with Crippen molar-refractivity contribution in [2.24, 2.45) is 11.8 Å². The molecule has 0 unspecified atom stereocenters. The van der Waals surface area contributed by atoms with Crippen LogP contribution >= 0.6 is 0 Å². The molecule has 0 spiro atoms. The molecular formula is C13H24OSi. The molecule has 0 saturated carbocycles. The van der Waals surface area contributed by atoms with E-state index in [1.165, 1.54) is 12.2 Å². The van der Waals surface area contributed by atoms with Crippen molar-refractivity contribution < 1.29 is 4.43 Å². The van der Waals surface area contributed by atoms with Crippen molar-refractivity contribution in [1.82, 2.24) is 0 Å². The number of allylic oxidation sites excluding steroid dienone is 4. The van der Waals surface area contributed by atoms with Gasteiger partial charge in [-0.3, -0.25) is 0 Å². The summed E-state index contributed by atoms with van der Waals surface area (Å²) in [6.07, 6.45) is 8.98. The molecule has 2 heteroatoms. The van der Waals surface area contributed by atoms with Gasteiger partial charge in [0.05, 0.1) is 5.76 Å². The van der Waals surface area contributed by atoms with E-state index in [1.54, 1.807) is 0 Å². The van der Waals surface area contributed by atoms with Crippen LogP contribution < -0.4 is 0 Å². The first-order valence-electron chi connectivity index (χ1n) is 5.95. The van der Waals surface area contributed by atoms with Crippen LogP contribution in [0.3, 0.4) is 0 Å². The van der Waals surface area contributed by atoms with E-state index < -0.39 is 8.32 Å². The lowest BCUT2D eigenvalue weighted by atomic mass is 9.92. The Morgan fingerprint density at radius 1 is 1.33 bits per heavy atom. The first-order chi connectivity index (χ1) is 6.88. The lowest BCUT2D eigenvalue weighted by Crippen LogP contribution is -2.24.